The molecule has 0 amide bonds. The first-order chi connectivity index (χ1) is 12.1. The van der Waals surface area contributed by atoms with Gasteiger partial charge in [0.1, 0.15) is 17.1 Å². The van der Waals surface area contributed by atoms with E-state index in [4.69, 9.17) is 10.5 Å². The molecule has 2 aromatic heterocycles. The summed E-state index contributed by atoms with van der Waals surface area (Å²) in [5.74, 6) is -1.89. The third kappa shape index (κ3) is 3.18. The summed E-state index contributed by atoms with van der Waals surface area (Å²) in [5.41, 5.74) is 4.15. The van der Waals surface area contributed by atoms with Gasteiger partial charge in [-0.2, -0.15) is 0 Å². The predicted molar refractivity (Wildman–Crippen MR) is 91.4 cm³/mol. The van der Waals surface area contributed by atoms with Crippen molar-refractivity contribution in [2.24, 2.45) is 14.1 Å². The molecule has 0 aromatic carbocycles. The molecule has 0 unspecified atom stereocenters. The second kappa shape index (κ2) is 6.78. The van der Waals surface area contributed by atoms with Gasteiger partial charge in [0.25, 0.3) is 5.56 Å². The highest BCUT2D eigenvalue weighted by molar-refractivity contribution is 6.02. The predicted octanol–water partition coefficient (Wildman–Crippen LogP) is -0.0720. The second-order valence-electron chi connectivity index (χ2n) is 5.62. The van der Waals surface area contributed by atoms with E-state index in [0.717, 1.165) is 9.13 Å². The van der Waals surface area contributed by atoms with Crippen LogP contribution >= 0.6 is 0 Å². The molecule has 0 radical (unpaired) electrons. The number of carbonyl (C=O) groups excluding carboxylic acids is 1. The molecule has 0 spiro atoms. The minimum atomic E-state index is -1.27. The van der Waals surface area contributed by atoms with Crippen molar-refractivity contribution in [1.82, 2.24) is 14.1 Å². The molecule has 2 heterocycles. The quantitative estimate of drug-likeness (QED) is 0.440. The fourth-order valence-corrected chi connectivity index (χ4v) is 2.29. The van der Waals surface area contributed by atoms with Crippen molar-refractivity contribution in [2.45, 2.75) is 20.0 Å². The number of nitro groups is 1. The minimum Gasteiger partial charge on any atom is -0.474 e. The van der Waals surface area contributed by atoms with Crippen LogP contribution in [0.25, 0.3) is 0 Å². The van der Waals surface area contributed by atoms with Crippen LogP contribution in [-0.2, 0) is 14.1 Å². The normalized spacial score (nSPS) is 11.8. The molecule has 2 rings (SSSR count). The number of Topliss-reactive ketones (excluding diaryl/α,β-unsaturated/α-hetero) is 1. The lowest BCUT2D eigenvalue weighted by molar-refractivity contribution is -0.390. The lowest BCUT2D eigenvalue weighted by Crippen LogP contribution is -2.43. The van der Waals surface area contributed by atoms with Gasteiger partial charge in [0.15, 0.2) is 6.10 Å². The van der Waals surface area contributed by atoms with Crippen LogP contribution in [0, 0.1) is 17.0 Å². The zero-order valence-electron chi connectivity index (χ0n) is 14.5. The Morgan fingerprint density at radius 2 is 1.92 bits per heavy atom. The monoisotopic (exact) mass is 363 g/mol. The van der Waals surface area contributed by atoms with Gasteiger partial charge >= 0.3 is 11.5 Å². The summed E-state index contributed by atoms with van der Waals surface area (Å²) in [5, 5.41) is 11.1. The van der Waals surface area contributed by atoms with Gasteiger partial charge in [-0.25, -0.2) is 4.79 Å². The number of nitrogens with two attached hydrogens (primary N) is 1. The summed E-state index contributed by atoms with van der Waals surface area (Å²) in [7, 11) is 2.52. The van der Waals surface area contributed by atoms with E-state index in [2.05, 4.69) is 4.98 Å². The lowest BCUT2D eigenvalue weighted by Gasteiger charge is -2.16. The van der Waals surface area contributed by atoms with Gasteiger partial charge in [0.05, 0.1) is 0 Å². The molecule has 0 aliphatic heterocycles. The average molecular weight is 363 g/mol. The molecule has 0 saturated heterocycles. The van der Waals surface area contributed by atoms with Crippen LogP contribution in [0.3, 0.4) is 0 Å². The minimum absolute atomic E-state index is 0.221. The number of nitrogen functional groups attached to an aromatic ring is 1. The van der Waals surface area contributed by atoms with Crippen molar-refractivity contribution in [2.75, 3.05) is 5.73 Å². The Morgan fingerprint density at radius 1 is 1.31 bits per heavy atom. The first kappa shape index (κ1) is 18.8. The van der Waals surface area contributed by atoms with E-state index in [1.165, 1.54) is 33.2 Å². The van der Waals surface area contributed by atoms with Crippen molar-refractivity contribution in [3.63, 3.8) is 0 Å². The molecular formula is C15H17N5O6. The molecule has 26 heavy (non-hydrogen) atoms. The number of aryl methyl sites for hydroxylation is 1. The third-order valence-electron chi connectivity index (χ3n) is 3.78. The molecule has 2 N–H and O–H groups in total. The third-order valence-corrected chi connectivity index (χ3v) is 3.78. The highest BCUT2D eigenvalue weighted by atomic mass is 16.6. The maximum absolute atomic E-state index is 12.6. The van der Waals surface area contributed by atoms with Gasteiger partial charge in [0.2, 0.25) is 11.5 Å². The molecule has 1 atom stereocenters. The number of hydrogen-bond acceptors (Lipinski definition) is 8. The number of pyridine rings is 1. The van der Waals surface area contributed by atoms with Gasteiger partial charge in [0, 0.05) is 21.0 Å². The molecule has 2 aromatic rings. The first-order valence-corrected chi connectivity index (χ1v) is 7.44. The fraction of sp³-hybridized carbons (Fsp3) is 0.333. The van der Waals surface area contributed by atoms with Gasteiger partial charge in [-0.15, -0.1) is 0 Å². The zero-order chi connectivity index (χ0) is 19.8. The summed E-state index contributed by atoms with van der Waals surface area (Å²) in [4.78, 5) is 50.8. The standard InChI is InChI=1S/C15H17N5O6/c1-7-5-6-9(13(17-7)20(24)25)26-8(2)11(21)10-12(16)18(3)15(23)19(4)14(10)22/h5-6,8H,16H2,1-4H3/t8-/m0/s1. The van der Waals surface area contributed by atoms with E-state index >= 15 is 0 Å². The molecular weight excluding hydrogens is 346 g/mol. The van der Waals surface area contributed by atoms with E-state index in [1.54, 1.807) is 6.92 Å². The highest BCUT2D eigenvalue weighted by Gasteiger charge is 2.28. The molecule has 0 saturated carbocycles. The summed E-state index contributed by atoms with van der Waals surface area (Å²) in [6.07, 6.45) is -1.27. The second-order valence-corrected chi connectivity index (χ2v) is 5.62. The topological polar surface area (TPSA) is 152 Å². The van der Waals surface area contributed by atoms with E-state index < -0.39 is 39.4 Å². The van der Waals surface area contributed by atoms with Crippen molar-refractivity contribution in [1.29, 1.82) is 0 Å². The molecule has 0 bridgehead atoms. The van der Waals surface area contributed by atoms with Crippen molar-refractivity contribution in [3.8, 4) is 5.75 Å². The molecule has 0 aliphatic carbocycles. The van der Waals surface area contributed by atoms with Crippen LogP contribution in [0.5, 0.6) is 5.75 Å². The Hall–Kier alpha value is -3.50. The Kier molecular flexibility index (Phi) is 4.91. The maximum atomic E-state index is 12.6. The van der Waals surface area contributed by atoms with E-state index in [0.29, 0.717) is 5.69 Å². The fourth-order valence-electron chi connectivity index (χ4n) is 2.29. The summed E-state index contributed by atoms with van der Waals surface area (Å²) >= 11 is 0. The van der Waals surface area contributed by atoms with Crippen LogP contribution in [-0.4, -0.2) is 30.9 Å². The number of aromatic nitrogens is 3. The molecule has 0 aliphatic rings. The number of nitrogens with zero attached hydrogens (tertiary/aromatic N) is 4. The maximum Gasteiger partial charge on any atom is 0.406 e. The largest absolute Gasteiger partial charge is 0.474 e. The van der Waals surface area contributed by atoms with Gasteiger partial charge < -0.3 is 20.6 Å². The number of rotatable bonds is 5. The van der Waals surface area contributed by atoms with Crippen molar-refractivity contribution < 1.29 is 14.5 Å². The summed E-state index contributed by atoms with van der Waals surface area (Å²) < 4.78 is 7.05. The van der Waals surface area contributed by atoms with E-state index in [9.17, 15) is 24.5 Å². The average Bonchev–Trinajstić information content (AvgIpc) is 2.59. The van der Waals surface area contributed by atoms with Crippen molar-refractivity contribution >= 4 is 17.4 Å². The lowest BCUT2D eigenvalue weighted by atomic mass is 10.1. The smallest absolute Gasteiger partial charge is 0.406 e. The summed E-state index contributed by atoms with van der Waals surface area (Å²) in [6, 6.07) is 2.80. The van der Waals surface area contributed by atoms with E-state index in [1.807, 2.05) is 0 Å². The summed E-state index contributed by atoms with van der Waals surface area (Å²) in [6.45, 7) is 2.89. The number of hydrogen-bond donors (Lipinski definition) is 1. The Morgan fingerprint density at radius 3 is 2.50 bits per heavy atom. The molecule has 11 heteroatoms. The number of carbonyl (C=O) groups is 1. The molecule has 11 nitrogen and oxygen atoms in total. The number of ether oxygens (including phenoxy) is 1. The van der Waals surface area contributed by atoms with Crippen LogP contribution in [0.1, 0.15) is 23.0 Å². The Labute approximate surface area is 146 Å². The highest BCUT2D eigenvalue weighted by Crippen LogP contribution is 2.26. The van der Waals surface area contributed by atoms with Crippen LogP contribution in [0.15, 0.2) is 21.7 Å². The van der Waals surface area contributed by atoms with Gasteiger partial charge in [-0.1, -0.05) is 0 Å². The molecule has 0 fully saturated rings. The van der Waals surface area contributed by atoms with Crippen LogP contribution in [0.4, 0.5) is 11.6 Å². The van der Waals surface area contributed by atoms with Crippen LogP contribution < -0.4 is 21.7 Å². The van der Waals surface area contributed by atoms with Crippen molar-refractivity contribution in [3.05, 3.63) is 54.3 Å². The number of ketones is 1. The van der Waals surface area contributed by atoms with Crippen LogP contribution in [0.2, 0.25) is 0 Å². The number of anilines is 1. The van der Waals surface area contributed by atoms with Gasteiger partial charge in [-0.05, 0) is 29.0 Å². The van der Waals surface area contributed by atoms with Gasteiger partial charge in [-0.3, -0.25) is 18.7 Å². The van der Waals surface area contributed by atoms with E-state index in [-0.39, 0.29) is 11.6 Å². The Balaban J connectivity index is 2.46. The SMILES string of the molecule is Cc1ccc(O[C@@H](C)C(=O)c2c(N)n(C)c(=O)n(C)c2=O)c([N+](=O)[O-])n1. The zero-order valence-corrected chi connectivity index (χ0v) is 14.5. The first-order valence-electron chi connectivity index (χ1n) is 7.44. The molecule has 138 valence electrons. The Bertz CT molecular complexity index is 1020.